The first kappa shape index (κ1) is 27.8. The second-order valence-corrected chi connectivity index (χ2v) is 10.4. The Morgan fingerprint density at radius 1 is 1.23 bits per heavy atom. The smallest absolute Gasteiger partial charge is 0.255 e. The Morgan fingerprint density at radius 3 is 2.75 bits per heavy atom. The molecule has 0 aliphatic carbocycles. The van der Waals surface area contributed by atoms with Crippen molar-refractivity contribution in [2.75, 3.05) is 25.1 Å². The van der Waals surface area contributed by atoms with Crippen LogP contribution in [0.25, 0.3) is 11.3 Å². The molecule has 3 aromatic rings. The number of fused-ring (bicyclic) bond motifs is 1. The zero-order valence-corrected chi connectivity index (χ0v) is 23.0. The first-order valence-electron chi connectivity index (χ1n) is 13.1. The van der Waals surface area contributed by atoms with E-state index in [1.807, 2.05) is 12.1 Å². The van der Waals surface area contributed by atoms with Crippen LogP contribution in [0, 0.1) is 0 Å². The van der Waals surface area contributed by atoms with E-state index in [9.17, 15) is 19.5 Å². The molecule has 0 bridgehead atoms. The normalized spacial score (nSPS) is 16.9. The van der Waals surface area contributed by atoms with Crippen molar-refractivity contribution >= 4 is 29.4 Å². The summed E-state index contributed by atoms with van der Waals surface area (Å²) in [6, 6.07) is 8.65. The van der Waals surface area contributed by atoms with Crippen LogP contribution in [0.1, 0.15) is 47.4 Å². The number of nitrogens with one attached hydrogen (secondary N) is 2. The van der Waals surface area contributed by atoms with Gasteiger partial charge in [-0.3, -0.25) is 14.4 Å². The summed E-state index contributed by atoms with van der Waals surface area (Å²) in [7, 11) is 1.57. The molecule has 3 N–H and O–H groups in total. The van der Waals surface area contributed by atoms with E-state index in [4.69, 9.17) is 16.3 Å². The van der Waals surface area contributed by atoms with Gasteiger partial charge in [0, 0.05) is 55.7 Å². The highest BCUT2D eigenvalue weighted by atomic mass is 35.5. The van der Waals surface area contributed by atoms with Gasteiger partial charge in [0.05, 0.1) is 29.6 Å². The number of pyridine rings is 1. The lowest BCUT2D eigenvalue weighted by Gasteiger charge is -2.26. The molecule has 12 heteroatoms. The maximum atomic E-state index is 13.4. The van der Waals surface area contributed by atoms with Crippen molar-refractivity contribution in [3.05, 3.63) is 74.8 Å². The molecule has 2 atom stereocenters. The molecule has 2 aromatic heterocycles. The summed E-state index contributed by atoms with van der Waals surface area (Å²) in [6.45, 7) is 2.85. The van der Waals surface area contributed by atoms with Gasteiger partial charge in [-0.25, -0.2) is 9.97 Å². The molecule has 4 heterocycles. The number of ether oxygens (including phenoxy) is 1. The Kier molecular flexibility index (Phi) is 8.15. The molecule has 0 spiro atoms. The largest absolute Gasteiger partial charge is 0.394 e. The molecular formula is C28H31ClN6O5. The van der Waals surface area contributed by atoms with Gasteiger partial charge in [0.15, 0.2) is 0 Å². The molecule has 1 saturated heterocycles. The molecule has 0 radical (unpaired) electrons. The number of anilines is 1. The van der Waals surface area contributed by atoms with Gasteiger partial charge in [0.2, 0.25) is 11.9 Å². The first-order valence-corrected chi connectivity index (χ1v) is 13.5. The third-order valence-electron chi connectivity index (χ3n) is 7.44. The molecular weight excluding hydrogens is 536 g/mol. The van der Waals surface area contributed by atoms with Gasteiger partial charge >= 0.3 is 0 Å². The number of hydrogen-bond donors (Lipinski definition) is 3. The van der Waals surface area contributed by atoms with Crippen LogP contribution in [-0.2, 0) is 23.1 Å². The predicted molar refractivity (Wildman–Crippen MR) is 149 cm³/mol. The number of nitrogens with zero attached hydrogens (tertiary/aromatic N) is 4. The average molecular weight is 567 g/mol. The van der Waals surface area contributed by atoms with Gasteiger partial charge in [-0.1, -0.05) is 29.8 Å². The maximum Gasteiger partial charge on any atom is 0.255 e. The van der Waals surface area contributed by atoms with E-state index in [1.54, 1.807) is 38.4 Å². The van der Waals surface area contributed by atoms with E-state index >= 15 is 0 Å². The zero-order chi connectivity index (χ0) is 28.4. The Labute approximate surface area is 236 Å². The standard InChI is InChI=1S/C28H31ClN6O5/c1-16(26(38)32-22(15-36)23-4-3-5-24(37)34(23)2)35-14-18-7-6-17(12-20(18)27(35)39)25-21(29)13-30-28(33-25)31-19-8-10-40-11-9-19/h3-7,12-13,16,19,22,36H,8-11,14-15H2,1-2H3,(H,32,38)(H,30,31,33). The van der Waals surface area contributed by atoms with Crippen molar-refractivity contribution < 1.29 is 19.4 Å². The van der Waals surface area contributed by atoms with Crippen LogP contribution in [-0.4, -0.2) is 68.3 Å². The van der Waals surface area contributed by atoms with Crippen LogP contribution >= 0.6 is 11.6 Å². The van der Waals surface area contributed by atoms with E-state index in [1.165, 1.54) is 15.5 Å². The van der Waals surface area contributed by atoms with Crippen LogP contribution in [0.3, 0.4) is 0 Å². The van der Waals surface area contributed by atoms with Crippen LogP contribution in [0.2, 0.25) is 5.02 Å². The minimum absolute atomic E-state index is 0.211. The number of aliphatic hydroxyl groups excluding tert-OH is 1. The molecule has 1 aromatic carbocycles. The Bertz CT molecular complexity index is 1490. The molecule has 1 fully saturated rings. The Hall–Kier alpha value is -3.80. The van der Waals surface area contributed by atoms with Gasteiger partial charge in [-0.2, -0.15) is 0 Å². The van der Waals surface area contributed by atoms with E-state index < -0.39 is 24.6 Å². The van der Waals surface area contributed by atoms with Crippen LogP contribution in [0.5, 0.6) is 0 Å². The number of carbonyl (C=O) groups is 2. The number of amides is 2. The second-order valence-electron chi connectivity index (χ2n) is 9.99. The summed E-state index contributed by atoms with van der Waals surface area (Å²) >= 11 is 6.45. The third kappa shape index (κ3) is 5.58. The highest BCUT2D eigenvalue weighted by molar-refractivity contribution is 6.33. The summed E-state index contributed by atoms with van der Waals surface area (Å²) in [6.07, 6.45) is 3.26. The quantitative estimate of drug-likeness (QED) is 0.377. The monoisotopic (exact) mass is 566 g/mol. The summed E-state index contributed by atoms with van der Waals surface area (Å²) in [5.41, 5.74) is 2.63. The molecule has 40 heavy (non-hydrogen) atoms. The Balaban J connectivity index is 1.32. The minimum Gasteiger partial charge on any atom is -0.394 e. The van der Waals surface area contributed by atoms with Gasteiger partial charge in [0.25, 0.3) is 11.5 Å². The first-order chi connectivity index (χ1) is 19.3. The molecule has 2 unspecified atom stereocenters. The minimum atomic E-state index is -0.823. The fourth-order valence-corrected chi connectivity index (χ4v) is 5.22. The number of aromatic nitrogens is 3. The molecule has 0 saturated carbocycles. The van der Waals surface area contributed by atoms with Crippen molar-refractivity contribution in [2.45, 2.75) is 44.4 Å². The predicted octanol–water partition coefficient (Wildman–Crippen LogP) is 2.28. The number of rotatable bonds is 8. The fourth-order valence-electron chi connectivity index (χ4n) is 5.02. The molecule has 2 amide bonds. The fraction of sp³-hybridized carbons (Fsp3) is 0.393. The second kappa shape index (κ2) is 11.7. The third-order valence-corrected chi connectivity index (χ3v) is 7.72. The molecule has 210 valence electrons. The van der Waals surface area contributed by atoms with Gasteiger partial charge < -0.3 is 29.9 Å². The van der Waals surface area contributed by atoms with E-state index in [0.29, 0.717) is 46.7 Å². The average Bonchev–Trinajstić information content (AvgIpc) is 3.30. The van der Waals surface area contributed by atoms with E-state index in [0.717, 1.165) is 18.4 Å². The number of halogens is 1. The van der Waals surface area contributed by atoms with Crippen molar-refractivity contribution in [3.8, 4) is 11.3 Å². The highest BCUT2D eigenvalue weighted by Crippen LogP contribution is 2.32. The van der Waals surface area contributed by atoms with Gasteiger partial charge in [-0.15, -0.1) is 0 Å². The number of benzene rings is 1. The summed E-state index contributed by atoms with van der Waals surface area (Å²) < 4.78 is 6.78. The molecule has 2 aliphatic rings. The number of aliphatic hydroxyl groups is 1. The van der Waals surface area contributed by atoms with Crippen LogP contribution in [0.15, 0.2) is 47.4 Å². The highest BCUT2D eigenvalue weighted by Gasteiger charge is 2.35. The summed E-state index contributed by atoms with van der Waals surface area (Å²) in [4.78, 5) is 49.0. The lowest BCUT2D eigenvalue weighted by molar-refractivity contribution is -0.126. The molecule has 11 nitrogen and oxygen atoms in total. The summed E-state index contributed by atoms with van der Waals surface area (Å²) in [5.74, 6) is -0.281. The topological polar surface area (TPSA) is 139 Å². The zero-order valence-electron chi connectivity index (χ0n) is 22.3. The lowest BCUT2D eigenvalue weighted by atomic mass is 10.0. The molecule has 2 aliphatic heterocycles. The van der Waals surface area contributed by atoms with E-state index in [-0.39, 0.29) is 24.1 Å². The van der Waals surface area contributed by atoms with Crippen molar-refractivity contribution in [3.63, 3.8) is 0 Å². The van der Waals surface area contributed by atoms with Crippen LogP contribution in [0.4, 0.5) is 5.95 Å². The lowest BCUT2D eigenvalue weighted by Crippen LogP contribution is -2.47. The maximum absolute atomic E-state index is 13.4. The van der Waals surface area contributed by atoms with E-state index in [2.05, 4.69) is 20.6 Å². The van der Waals surface area contributed by atoms with Crippen molar-refractivity contribution in [1.29, 1.82) is 0 Å². The Morgan fingerprint density at radius 2 is 2.00 bits per heavy atom. The number of hydrogen-bond acceptors (Lipinski definition) is 8. The van der Waals surface area contributed by atoms with Gasteiger partial charge in [0.1, 0.15) is 6.04 Å². The van der Waals surface area contributed by atoms with Gasteiger partial charge in [-0.05, 0) is 37.5 Å². The summed E-state index contributed by atoms with van der Waals surface area (Å²) in [5, 5.41) is 16.4. The van der Waals surface area contributed by atoms with Crippen LogP contribution < -0.4 is 16.2 Å². The van der Waals surface area contributed by atoms with Crippen molar-refractivity contribution in [1.82, 2.24) is 24.8 Å². The van der Waals surface area contributed by atoms with Crippen molar-refractivity contribution in [2.24, 2.45) is 7.05 Å². The SMILES string of the molecule is CC(C(=O)NC(CO)c1cccc(=O)n1C)N1Cc2ccc(-c3nc(NC4CCOCC4)ncc3Cl)cc2C1=O. The number of carbonyl (C=O) groups excluding carboxylic acids is 2. The molecule has 5 rings (SSSR count).